The number of amides is 1. The molecule has 0 spiro atoms. The topological polar surface area (TPSA) is 41.6 Å². The third kappa shape index (κ3) is 5.94. The summed E-state index contributed by atoms with van der Waals surface area (Å²) in [6.07, 6.45) is 0.788. The lowest BCUT2D eigenvalue weighted by Gasteiger charge is -2.13. The molecule has 5 heteroatoms. The molecule has 1 N–H and O–H groups in total. The van der Waals surface area contributed by atoms with E-state index in [1.54, 1.807) is 0 Å². The fourth-order valence-corrected chi connectivity index (χ4v) is 1.67. The molecule has 19 heavy (non-hydrogen) atoms. The molecule has 1 amide bonds. The Morgan fingerprint density at radius 3 is 2.84 bits per heavy atom. The first-order valence-corrected chi connectivity index (χ1v) is 6.88. The molecule has 0 aliphatic carbocycles. The number of hydrogen-bond donors (Lipinski definition) is 1. The lowest BCUT2D eigenvalue weighted by atomic mass is 10.2. The van der Waals surface area contributed by atoms with Gasteiger partial charge in [0.2, 0.25) is 0 Å². The number of benzene rings is 1. The fourth-order valence-electron chi connectivity index (χ4n) is 1.56. The van der Waals surface area contributed by atoms with E-state index in [1.807, 2.05) is 43.3 Å². The van der Waals surface area contributed by atoms with Crippen molar-refractivity contribution in [3.8, 4) is 0 Å². The van der Waals surface area contributed by atoms with Crippen LogP contribution >= 0.6 is 11.6 Å². The summed E-state index contributed by atoms with van der Waals surface area (Å²) in [6, 6.07) is 7.54. The fraction of sp³-hybridized carbons (Fsp3) is 0.500. The molecule has 0 unspecified atom stereocenters. The van der Waals surface area contributed by atoms with E-state index >= 15 is 0 Å². The van der Waals surface area contributed by atoms with Crippen molar-refractivity contribution in [2.45, 2.75) is 6.42 Å². The molecule has 0 saturated carbocycles. The maximum absolute atomic E-state index is 11.9. The maximum Gasteiger partial charge on any atom is 0.251 e. The van der Waals surface area contributed by atoms with Gasteiger partial charge in [-0.2, -0.15) is 0 Å². The molecule has 0 bridgehead atoms. The van der Waals surface area contributed by atoms with Crippen molar-refractivity contribution in [3.05, 3.63) is 29.8 Å². The van der Waals surface area contributed by atoms with Gasteiger partial charge in [-0.25, -0.2) is 0 Å². The van der Waals surface area contributed by atoms with E-state index < -0.39 is 0 Å². The first-order chi connectivity index (χ1) is 9.15. The summed E-state index contributed by atoms with van der Waals surface area (Å²) in [5, 5.41) is 2.87. The van der Waals surface area contributed by atoms with Gasteiger partial charge in [0.05, 0.1) is 6.61 Å². The minimum atomic E-state index is -0.0546. The van der Waals surface area contributed by atoms with Gasteiger partial charge < -0.3 is 15.0 Å². The second kappa shape index (κ2) is 8.77. The predicted octanol–water partition coefficient (Wildman–Crippen LogP) is 2.13. The molecule has 106 valence electrons. The number of hydrogen-bond acceptors (Lipinski definition) is 3. The van der Waals surface area contributed by atoms with Crippen LogP contribution in [0.2, 0.25) is 0 Å². The van der Waals surface area contributed by atoms with Crippen molar-refractivity contribution in [1.29, 1.82) is 0 Å². The summed E-state index contributed by atoms with van der Waals surface area (Å²) >= 11 is 5.49. The van der Waals surface area contributed by atoms with E-state index in [4.69, 9.17) is 16.3 Å². The van der Waals surface area contributed by atoms with Gasteiger partial charge in [0.25, 0.3) is 5.91 Å². The van der Waals surface area contributed by atoms with Gasteiger partial charge in [-0.15, -0.1) is 11.6 Å². The third-order valence-corrected chi connectivity index (χ3v) is 2.75. The summed E-state index contributed by atoms with van der Waals surface area (Å²) in [4.78, 5) is 13.9. The number of carbonyl (C=O) groups is 1. The summed E-state index contributed by atoms with van der Waals surface area (Å²) in [7, 11) is 3.90. The molecule has 4 nitrogen and oxygen atoms in total. The van der Waals surface area contributed by atoms with Crippen molar-refractivity contribution in [3.63, 3.8) is 0 Å². The highest BCUT2D eigenvalue weighted by Gasteiger charge is 2.06. The number of halogens is 1. The van der Waals surface area contributed by atoms with Gasteiger partial charge in [0, 0.05) is 44.4 Å². The van der Waals surface area contributed by atoms with Gasteiger partial charge in [-0.1, -0.05) is 6.07 Å². The van der Waals surface area contributed by atoms with Crippen LogP contribution in [0.25, 0.3) is 0 Å². The summed E-state index contributed by atoms with van der Waals surface area (Å²) in [5.41, 5.74) is 1.69. The lowest BCUT2D eigenvalue weighted by molar-refractivity contribution is 0.0944. The van der Waals surface area contributed by atoms with E-state index in [1.165, 1.54) is 0 Å². The highest BCUT2D eigenvalue weighted by molar-refractivity contribution is 6.17. The summed E-state index contributed by atoms with van der Waals surface area (Å²) in [5.74, 6) is 0.449. The third-order valence-electron chi connectivity index (χ3n) is 2.60. The van der Waals surface area contributed by atoms with Crippen molar-refractivity contribution in [2.75, 3.05) is 44.6 Å². The van der Waals surface area contributed by atoms with Gasteiger partial charge >= 0.3 is 0 Å². The van der Waals surface area contributed by atoms with Crippen molar-refractivity contribution in [1.82, 2.24) is 5.32 Å². The predicted molar refractivity (Wildman–Crippen MR) is 79.3 cm³/mol. The quantitative estimate of drug-likeness (QED) is 0.587. The number of nitrogens with one attached hydrogen (secondary N) is 1. The molecule has 0 heterocycles. The van der Waals surface area contributed by atoms with Crippen molar-refractivity contribution < 1.29 is 9.53 Å². The average Bonchev–Trinajstić information content (AvgIpc) is 2.42. The van der Waals surface area contributed by atoms with E-state index in [-0.39, 0.29) is 5.91 Å². The monoisotopic (exact) mass is 284 g/mol. The van der Waals surface area contributed by atoms with Gasteiger partial charge in [0.15, 0.2) is 0 Å². The van der Waals surface area contributed by atoms with Crippen molar-refractivity contribution >= 4 is 23.2 Å². The molecule has 1 aromatic carbocycles. The number of ether oxygens (including phenoxy) is 1. The van der Waals surface area contributed by atoms with Crippen LogP contribution in [0.15, 0.2) is 24.3 Å². The van der Waals surface area contributed by atoms with Crippen LogP contribution < -0.4 is 10.2 Å². The highest BCUT2D eigenvalue weighted by atomic mass is 35.5. The molecular weight excluding hydrogens is 264 g/mol. The number of nitrogens with zero attached hydrogens (tertiary/aromatic N) is 1. The van der Waals surface area contributed by atoms with Gasteiger partial charge in [-0.3, -0.25) is 4.79 Å². The molecule has 1 rings (SSSR count). The molecular formula is C14H21ClN2O2. The zero-order chi connectivity index (χ0) is 14.1. The van der Waals surface area contributed by atoms with Gasteiger partial charge in [-0.05, 0) is 24.6 Å². The Hall–Kier alpha value is -1.26. The number of anilines is 1. The molecule has 0 saturated heterocycles. The SMILES string of the molecule is CN(C)c1cccc(C(=O)NCCCOCCCl)c1. The van der Waals surface area contributed by atoms with Crippen LogP contribution in [0.4, 0.5) is 5.69 Å². The second-order valence-electron chi connectivity index (χ2n) is 4.36. The van der Waals surface area contributed by atoms with Crippen LogP contribution in [0.1, 0.15) is 16.8 Å². The van der Waals surface area contributed by atoms with Crippen LogP contribution in [-0.2, 0) is 4.74 Å². The Morgan fingerprint density at radius 1 is 1.37 bits per heavy atom. The van der Waals surface area contributed by atoms with Crippen LogP contribution in [0.3, 0.4) is 0 Å². The van der Waals surface area contributed by atoms with E-state index in [2.05, 4.69) is 5.32 Å². The Bertz CT molecular complexity index is 397. The first-order valence-electron chi connectivity index (χ1n) is 6.34. The largest absolute Gasteiger partial charge is 0.380 e. The smallest absolute Gasteiger partial charge is 0.251 e. The Labute approximate surface area is 119 Å². The minimum Gasteiger partial charge on any atom is -0.380 e. The molecule has 0 aromatic heterocycles. The Kier molecular flexibility index (Phi) is 7.30. The number of carbonyl (C=O) groups excluding carboxylic acids is 1. The zero-order valence-electron chi connectivity index (χ0n) is 11.5. The Morgan fingerprint density at radius 2 is 2.16 bits per heavy atom. The average molecular weight is 285 g/mol. The normalized spacial score (nSPS) is 10.3. The van der Waals surface area contributed by atoms with Crippen LogP contribution in [-0.4, -0.2) is 45.6 Å². The molecule has 0 aliphatic rings. The molecule has 0 aliphatic heterocycles. The van der Waals surface area contributed by atoms with Crippen LogP contribution in [0, 0.1) is 0 Å². The number of alkyl halides is 1. The second-order valence-corrected chi connectivity index (χ2v) is 4.73. The summed E-state index contributed by atoms with van der Waals surface area (Å²) < 4.78 is 5.23. The summed E-state index contributed by atoms with van der Waals surface area (Å²) in [6.45, 7) is 1.78. The minimum absolute atomic E-state index is 0.0546. The molecule has 0 radical (unpaired) electrons. The van der Waals surface area contributed by atoms with Gasteiger partial charge in [0.1, 0.15) is 0 Å². The highest BCUT2D eigenvalue weighted by Crippen LogP contribution is 2.13. The van der Waals surface area contributed by atoms with Crippen molar-refractivity contribution in [2.24, 2.45) is 0 Å². The number of rotatable bonds is 8. The lowest BCUT2D eigenvalue weighted by Crippen LogP contribution is -2.25. The first kappa shape index (κ1) is 15.8. The standard InChI is InChI=1S/C14H21ClN2O2/c1-17(2)13-6-3-5-12(11-13)14(18)16-8-4-9-19-10-7-15/h3,5-6,11H,4,7-10H2,1-2H3,(H,16,18). The van der Waals surface area contributed by atoms with Crippen LogP contribution in [0.5, 0.6) is 0 Å². The van der Waals surface area contributed by atoms with E-state index in [0.29, 0.717) is 31.2 Å². The van der Waals surface area contributed by atoms with E-state index in [0.717, 1.165) is 12.1 Å². The van der Waals surface area contributed by atoms with E-state index in [9.17, 15) is 4.79 Å². The zero-order valence-corrected chi connectivity index (χ0v) is 12.2. The molecule has 1 aromatic rings. The molecule has 0 fully saturated rings. The Balaban J connectivity index is 2.35. The maximum atomic E-state index is 11.9. The molecule has 0 atom stereocenters.